The molecule has 1 saturated heterocycles. The first-order valence-electron chi connectivity index (χ1n) is 7.62. The van der Waals surface area contributed by atoms with Crippen LogP contribution in [0.1, 0.15) is 17.5 Å². The highest BCUT2D eigenvalue weighted by Gasteiger charge is 2.18. The van der Waals surface area contributed by atoms with Gasteiger partial charge in [-0.05, 0) is 40.9 Å². The van der Waals surface area contributed by atoms with E-state index < -0.39 is 0 Å². The van der Waals surface area contributed by atoms with Gasteiger partial charge in [-0.1, -0.05) is 6.07 Å². The van der Waals surface area contributed by atoms with Gasteiger partial charge in [-0.15, -0.1) is 0 Å². The van der Waals surface area contributed by atoms with Crippen LogP contribution in [0.25, 0.3) is 0 Å². The molecule has 23 heavy (non-hydrogen) atoms. The fourth-order valence-corrected chi connectivity index (χ4v) is 3.01. The number of rotatable bonds is 5. The SMILES string of the molecule is Cc1ccc(NC(=O)NCc2ccsc2)cc1OC1CCOC1. The molecule has 1 atom stereocenters. The fourth-order valence-electron chi connectivity index (χ4n) is 2.34. The van der Waals surface area contributed by atoms with Crippen LogP contribution in [0.5, 0.6) is 5.75 Å². The number of carbonyl (C=O) groups excluding carboxylic acids is 1. The van der Waals surface area contributed by atoms with E-state index in [-0.39, 0.29) is 12.1 Å². The van der Waals surface area contributed by atoms with Crippen LogP contribution in [0.4, 0.5) is 10.5 Å². The van der Waals surface area contributed by atoms with Crippen molar-refractivity contribution in [1.82, 2.24) is 5.32 Å². The summed E-state index contributed by atoms with van der Waals surface area (Å²) >= 11 is 1.62. The topological polar surface area (TPSA) is 59.6 Å². The van der Waals surface area contributed by atoms with Crippen LogP contribution in [0.3, 0.4) is 0 Å². The third kappa shape index (κ3) is 4.46. The Bertz CT molecular complexity index is 652. The van der Waals surface area contributed by atoms with E-state index >= 15 is 0 Å². The molecule has 2 aromatic rings. The molecule has 6 heteroatoms. The number of urea groups is 1. The number of aryl methyl sites for hydroxylation is 1. The van der Waals surface area contributed by atoms with Gasteiger partial charge in [0.2, 0.25) is 0 Å². The molecule has 0 aliphatic carbocycles. The van der Waals surface area contributed by atoms with Crippen molar-refractivity contribution < 1.29 is 14.3 Å². The van der Waals surface area contributed by atoms with Crippen molar-refractivity contribution in [3.05, 3.63) is 46.2 Å². The van der Waals surface area contributed by atoms with Gasteiger partial charge in [0.05, 0.1) is 13.2 Å². The largest absolute Gasteiger partial charge is 0.488 e. The first-order chi connectivity index (χ1) is 11.2. The van der Waals surface area contributed by atoms with Crippen molar-refractivity contribution >= 4 is 23.1 Å². The molecule has 2 N–H and O–H groups in total. The van der Waals surface area contributed by atoms with Gasteiger partial charge in [-0.25, -0.2) is 4.79 Å². The first-order valence-corrected chi connectivity index (χ1v) is 8.56. The lowest BCUT2D eigenvalue weighted by Gasteiger charge is -2.15. The Kier molecular flexibility index (Phi) is 5.15. The maximum Gasteiger partial charge on any atom is 0.319 e. The van der Waals surface area contributed by atoms with Crippen LogP contribution >= 0.6 is 11.3 Å². The van der Waals surface area contributed by atoms with Crippen LogP contribution in [0, 0.1) is 6.92 Å². The van der Waals surface area contributed by atoms with E-state index in [9.17, 15) is 4.79 Å². The molecule has 1 aromatic heterocycles. The Hall–Kier alpha value is -2.05. The Labute approximate surface area is 139 Å². The molecule has 122 valence electrons. The van der Waals surface area contributed by atoms with Crippen LogP contribution in [0.2, 0.25) is 0 Å². The number of nitrogens with one attached hydrogen (secondary N) is 2. The van der Waals surface area contributed by atoms with E-state index in [2.05, 4.69) is 10.6 Å². The zero-order valence-electron chi connectivity index (χ0n) is 13.0. The molecule has 0 bridgehead atoms. The number of thiophene rings is 1. The molecule has 2 amide bonds. The highest BCUT2D eigenvalue weighted by Crippen LogP contribution is 2.25. The van der Waals surface area contributed by atoms with Crippen molar-refractivity contribution in [2.45, 2.75) is 26.0 Å². The molecule has 1 aliphatic rings. The summed E-state index contributed by atoms with van der Waals surface area (Å²) in [5.41, 5.74) is 2.85. The van der Waals surface area contributed by atoms with Crippen molar-refractivity contribution in [1.29, 1.82) is 0 Å². The van der Waals surface area contributed by atoms with Crippen molar-refractivity contribution in [2.24, 2.45) is 0 Å². The minimum absolute atomic E-state index is 0.0939. The fraction of sp³-hybridized carbons (Fsp3) is 0.353. The number of amides is 2. The van der Waals surface area contributed by atoms with Crippen molar-refractivity contribution in [3.63, 3.8) is 0 Å². The first kappa shape index (κ1) is 15.8. The minimum Gasteiger partial charge on any atom is -0.488 e. The molecule has 0 spiro atoms. The zero-order chi connectivity index (χ0) is 16.1. The smallest absolute Gasteiger partial charge is 0.319 e. The van der Waals surface area contributed by atoms with E-state index in [4.69, 9.17) is 9.47 Å². The second-order valence-corrected chi connectivity index (χ2v) is 6.30. The monoisotopic (exact) mass is 332 g/mol. The van der Waals surface area contributed by atoms with Gasteiger partial charge in [0, 0.05) is 24.7 Å². The molecule has 1 fully saturated rings. The van der Waals surface area contributed by atoms with Gasteiger partial charge in [-0.2, -0.15) is 11.3 Å². The molecule has 0 saturated carbocycles. The maximum atomic E-state index is 12.0. The number of hydrogen-bond acceptors (Lipinski definition) is 4. The van der Waals surface area contributed by atoms with Crippen LogP contribution < -0.4 is 15.4 Å². The van der Waals surface area contributed by atoms with Gasteiger partial charge >= 0.3 is 6.03 Å². The minimum atomic E-state index is -0.227. The standard InChI is InChI=1S/C17H20N2O3S/c1-12-2-3-14(8-16(12)22-15-4-6-21-10-15)19-17(20)18-9-13-5-7-23-11-13/h2-3,5,7-8,11,15H,4,6,9-10H2,1H3,(H2,18,19,20). The second kappa shape index (κ2) is 7.48. The molecule has 3 rings (SSSR count). The quantitative estimate of drug-likeness (QED) is 0.880. The van der Waals surface area contributed by atoms with Crippen molar-refractivity contribution in [3.8, 4) is 5.75 Å². The van der Waals surface area contributed by atoms with Crippen LogP contribution in [-0.2, 0) is 11.3 Å². The summed E-state index contributed by atoms with van der Waals surface area (Å²) in [6, 6.07) is 7.44. The Morgan fingerprint density at radius 2 is 2.35 bits per heavy atom. The third-order valence-corrected chi connectivity index (χ3v) is 4.39. The van der Waals surface area contributed by atoms with E-state index in [1.54, 1.807) is 11.3 Å². The van der Waals surface area contributed by atoms with Crippen LogP contribution in [0.15, 0.2) is 35.0 Å². The number of ether oxygens (including phenoxy) is 2. The molecular weight excluding hydrogens is 312 g/mol. The summed E-state index contributed by atoms with van der Waals surface area (Å²) in [6.45, 7) is 3.88. The molecule has 1 aliphatic heterocycles. The van der Waals surface area contributed by atoms with E-state index in [0.29, 0.717) is 18.8 Å². The third-order valence-electron chi connectivity index (χ3n) is 3.66. The van der Waals surface area contributed by atoms with E-state index in [0.717, 1.165) is 29.9 Å². The van der Waals surface area contributed by atoms with E-state index in [1.165, 1.54) is 0 Å². The number of carbonyl (C=O) groups is 1. The van der Waals surface area contributed by atoms with Crippen molar-refractivity contribution in [2.75, 3.05) is 18.5 Å². The summed E-state index contributed by atoms with van der Waals surface area (Å²) in [4.78, 5) is 12.0. The molecular formula is C17H20N2O3S. The average Bonchev–Trinajstić information content (AvgIpc) is 3.22. The molecule has 1 aromatic carbocycles. The zero-order valence-corrected chi connectivity index (χ0v) is 13.8. The summed E-state index contributed by atoms with van der Waals surface area (Å²) < 4.78 is 11.3. The summed E-state index contributed by atoms with van der Waals surface area (Å²) in [5, 5.41) is 9.68. The highest BCUT2D eigenvalue weighted by atomic mass is 32.1. The molecule has 0 radical (unpaired) electrons. The molecule has 5 nitrogen and oxygen atoms in total. The molecule has 1 unspecified atom stereocenters. The summed E-state index contributed by atoms with van der Waals surface area (Å²) in [5.74, 6) is 0.788. The average molecular weight is 332 g/mol. The Morgan fingerprint density at radius 3 is 3.09 bits per heavy atom. The lowest BCUT2D eigenvalue weighted by atomic mass is 10.2. The lowest BCUT2D eigenvalue weighted by Crippen LogP contribution is -2.28. The highest BCUT2D eigenvalue weighted by molar-refractivity contribution is 7.07. The van der Waals surface area contributed by atoms with Gasteiger partial charge in [0.25, 0.3) is 0 Å². The van der Waals surface area contributed by atoms with Gasteiger partial charge in [-0.3, -0.25) is 0 Å². The number of hydrogen-bond donors (Lipinski definition) is 2. The van der Waals surface area contributed by atoms with E-state index in [1.807, 2.05) is 41.9 Å². The Balaban J connectivity index is 1.57. The summed E-state index contributed by atoms with van der Waals surface area (Å²) in [7, 11) is 0. The number of anilines is 1. The second-order valence-electron chi connectivity index (χ2n) is 5.52. The molecule has 2 heterocycles. The lowest BCUT2D eigenvalue weighted by molar-refractivity contribution is 0.141. The van der Waals surface area contributed by atoms with Gasteiger partial charge < -0.3 is 20.1 Å². The summed E-state index contributed by atoms with van der Waals surface area (Å²) in [6.07, 6.45) is 0.995. The number of benzene rings is 1. The predicted molar refractivity (Wildman–Crippen MR) is 91.2 cm³/mol. The maximum absolute atomic E-state index is 12.0. The van der Waals surface area contributed by atoms with Gasteiger partial charge in [0.15, 0.2) is 0 Å². The van der Waals surface area contributed by atoms with Crippen LogP contribution in [-0.4, -0.2) is 25.3 Å². The predicted octanol–water partition coefficient (Wildman–Crippen LogP) is 3.55. The Morgan fingerprint density at radius 1 is 1.43 bits per heavy atom. The normalized spacial score (nSPS) is 17.0. The van der Waals surface area contributed by atoms with Gasteiger partial charge in [0.1, 0.15) is 11.9 Å².